The second kappa shape index (κ2) is 6.88. The lowest BCUT2D eigenvalue weighted by Gasteiger charge is -2.22. The number of carbonyl (C=O) groups is 1. The molecule has 1 N–H and O–H groups in total. The number of carbonyl (C=O) groups excluding carboxylic acids is 1. The van der Waals surface area contributed by atoms with Gasteiger partial charge in [-0.25, -0.2) is 0 Å². The molecule has 100 valence electrons. The van der Waals surface area contributed by atoms with E-state index in [2.05, 4.69) is 5.32 Å². The number of nitrogens with one attached hydrogen (secondary N) is 1. The molecule has 0 aliphatic carbocycles. The summed E-state index contributed by atoms with van der Waals surface area (Å²) in [5.41, 5.74) is 1.13. The van der Waals surface area contributed by atoms with E-state index in [1.165, 1.54) is 0 Å². The molecule has 5 heteroatoms. The highest BCUT2D eigenvalue weighted by molar-refractivity contribution is 5.91. The van der Waals surface area contributed by atoms with Gasteiger partial charge in [0.1, 0.15) is 6.61 Å². The summed E-state index contributed by atoms with van der Waals surface area (Å²) in [6, 6.07) is 8.82. The van der Waals surface area contributed by atoms with E-state index in [0.717, 1.165) is 12.8 Å². The first kappa shape index (κ1) is 13.5. The Kier molecular flexibility index (Phi) is 4.90. The smallest absolute Gasteiger partial charge is 0.250 e. The maximum Gasteiger partial charge on any atom is 0.250 e. The van der Waals surface area contributed by atoms with Gasteiger partial charge in [0, 0.05) is 18.9 Å². The van der Waals surface area contributed by atoms with Crippen LogP contribution in [0.25, 0.3) is 0 Å². The molecule has 1 aromatic rings. The van der Waals surface area contributed by atoms with E-state index in [1.807, 2.05) is 6.07 Å². The normalized spacial score (nSPS) is 15.7. The minimum Gasteiger partial charge on any atom is -0.381 e. The molecule has 2 rings (SSSR count). The van der Waals surface area contributed by atoms with Crippen LogP contribution in [-0.4, -0.2) is 31.8 Å². The molecule has 0 saturated carbocycles. The standard InChI is InChI=1S/C14H16N2O3/c15-9-11-2-1-3-12(8-11)16-14(17)10-19-13-4-6-18-7-5-13/h1-3,8,13H,4-7,10H2,(H,16,17). The van der Waals surface area contributed by atoms with Crippen LogP contribution in [0.5, 0.6) is 0 Å². The maximum absolute atomic E-state index is 11.7. The third-order valence-corrected chi connectivity index (χ3v) is 2.89. The lowest BCUT2D eigenvalue weighted by Crippen LogP contribution is -2.28. The zero-order valence-electron chi connectivity index (χ0n) is 10.6. The van der Waals surface area contributed by atoms with Gasteiger partial charge >= 0.3 is 0 Å². The van der Waals surface area contributed by atoms with Crippen LogP contribution in [0.3, 0.4) is 0 Å². The molecular weight excluding hydrogens is 244 g/mol. The van der Waals surface area contributed by atoms with E-state index < -0.39 is 0 Å². The van der Waals surface area contributed by atoms with Crippen LogP contribution < -0.4 is 5.32 Å². The molecular formula is C14H16N2O3. The van der Waals surface area contributed by atoms with E-state index in [1.54, 1.807) is 24.3 Å². The van der Waals surface area contributed by atoms with Gasteiger partial charge in [0.05, 0.1) is 17.7 Å². The molecule has 1 amide bonds. The van der Waals surface area contributed by atoms with E-state index >= 15 is 0 Å². The van der Waals surface area contributed by atoms with Gasteiger partial charge in [-0.3, -0.25) is 4.79 Å². The van der Waals surface area contributed by atoms with Crippen LogP contribution in [0, 0.1) is 11.3 Å². The molecule has 19 heavy (non-hydrogen) atoms. The molecule has 0 atom stereocenters. The van der Waals surface area contributed by atoms with E-state index in [9.17, 15) is 4.79 Å². The quantitative estimate of drug-likeness (QED) is 0.894. The van der Waals surface area contributed by atoms with Gasteiger partial charge in [-0.2, -0.15) is 5.26 Å². The Morgan fingerprint density at radius 1 is 1.47 bits per heavy atom. The highest BCUT2D eigenvalue weighted by Crippen LogP contribution is 2.12. The number of rotatable bonds is 4. The molecule has 1 heterocycles. The zero-order valence-corrected chi connectivity index (χ0v) is 10.6. The number of hydrogen-bond acceptors (Lipinski definition) is 4. The minimum absolute atomic E-state index is 0.0292. The molecule has 0 bridgehead atoms. The van der Waals surface area contributed by atoms with Crippen molar-refractivity contribution in [1.82, 2.24) is 0 Å². The Hall–Kier alpha value is -1.90. The molecule has 1 aliphatic rings. The summed E-state index contributed by atoms with van der Waals surface area (Å²) < 4.78 is 10.7. The molecule has 0 spiro atoms. The predicted octanol–water partition coefficient (Wildman–Crippen LogP) is 1.69. The Balaban J connectivity index is 1.78. The fourth-order valence-corrected chi connectivity index (χ4v) is 1.90. The second-order valence-electron chi connectivity index (χ2n) is 4.36. The summed E-state index contributed by atoms with van der Waals surface area (Å²) in [6.07, 6.45) is 1.76. The highest BCUT2D eigenvalue weighted by atomic mass is 16.5. The molecule has 0 unspecified atom stereocenters. The summed E-state index contributed by atoms with van der Waals surface area (Å²) in [5, 5.41) is 11.5. The van der Waals surface area contributed by atoms with Crippen LogP contribution >= 0.6 is 0 Å². The summed E-state index contributed by atoms with van der Waals surface area (Å²) in [6.45, 7) is 1.41. The van der Waals surface area contributed by atoms with Crippen molar-refractivity contribution in [3.05, 3.63) is 29.8 Å². The Morgan fingerprint density at radius 2 is 2.26 bits per heavy atom. The fraction of sp³-hybridized carbons (Fsp3) is 0.429. The monoisotopic (exact) mass is 260 g/mol. The van der Waals surface area contributed by atoms with Crippen molar-refractivity contribution in [3.63, 3.8) is 0 Å². The lowest BCUT2D eigenvalue weighted by molar-refractivity contribution is -0.124. The first-order chi connectivity index (χ1) is 9.28. The predicted molar refractivity (Wildman–Crippen MR) is 69.6 cm³/mol. The number of nitriles is 1. The summed E-state index contributed by atoms with van der Waals surface area (Å²) >= 11 is 0. The number of hydrogen-bond donors (Lipinski definition) is 1. The van der Waals surface area contributed by atoms with Gasteiger partial charge in [0.2, 0.25) is 5.91 Å². The van der Waals surface area contributed by atoms with E-state index in [0.29, 0.717) is 24.5 Å². The molecule has 1 aliphatic heterocycles. The number of anilines is 1. The Bertz CT molecular complexity index is 476. The molecule has 1 aromatic carbocycles. The van der Waals surface area contributed by atoms with Gasteiger partial charge in [0.25, 0.3) is 0 Å². The second-order valence-corrected chi connectivity index (χ2v) is 4.36. The SMILES string of the molecule is N#Cc1cccc(NC(=O)COC2CCOCC2)c1. The van der Waals surface area contributed by atoms with Crippen LogP contribution in [-0.2, 0) is 14.3 Å². The van der Waals surface area contributed by atoms with Crippen molar-refractivity contribution in [3.8, 4) is 6.07 Å². The average molecular weight is 260 g/mol. The third-order valence-electron chi connectivity index (χ3n) is 2.89. The number of ether oxygens (including phenoxy) is 2. The molecule has 0 aromatic heterocycles. The number of nitrogens with zero attached hydrogens (tertiary/aromatic N) is 1. The zero-order chi connectivity index (χ0) is 13.5. The molecule has 1 saturated heterocycles. The molecule has 1 fully saturated rings. The lowest BCUT2D eigenvalue weighted by atomic mass is 10.1. The fourth-order valence-electron chi connectivity index (χ4n) is 1.90. The Morgan fingerprint density at radius 3 is 3.00 bits per heavy atom. The topological polar surface area (TPSA) is 71.4 Å². The minimum atomic E-state index is -0.207. The Labute approximate surface area is 112 Å². The van der Waals surface area contributed by atoms with Crippen LogP contribution in [0.4, 0.5) is 5.69 Å². The van der Waals surface area contributed by atoms with Gasteiger partial charge in [-0.1, -0.05) is 6.07 Å². The van der Waals surface area contributed by atoms with Crippen molar-refractivity contribution in [2.75, 3.05) is 25.1 Å². The third kappa shape index (κ3) is 4.36. The summed E-state index contributed by atoms with van der Waals surface area (Å²) in [4.78, 5) is 11.7. The first-order valence-electron chi connectivity index (χ1n) is 6.27. The maximum atomic E-state index is 11.7. The number of benzene rings is 1. The summed E-state index contributed by atoms with van der Waals surface area (Å²) in [5.74, 6) is -0.207. The first-order valence-corrected chi connectivity index (χ1v) is 6.27. The van der Waals surface area contributed by atoms with E-state index in [4.69, 9.17) is 14.7 Å². The van der Waals surface area contributed by atoms with Crippen LogP contribution in [0.1, 0.15) is 18.4 Å². The van der Waals surface area contributed by atoms with Gasteiger partial charge in [-0.15, -0.1) is 0 Å². The van der Waals surface area contributed by atoms with Crippen LogP contribution in [0.2, 0.25) is 0 Å². The molecule has 0 radical (unpaired) electrons. The van der Waals surface area contributed by atoms with E-state index in [-0.39, 0.29) is 18.6 Å². The van der Waals surface area contributed by atoms with Crippen molar-refractivity contribution < 1.29 is 14.3 Å². The average Bonchev–Trinajstić information content (AvgIpc) is 2.46. The highest BCUT2D eigenvalue weighted by Gasteiger charge is 2.15. The van der Waals surface area contributed by atoms with Crippen molar-refractivity contribution in [1.29, 1.82) is 5.26 Å². The van der Waals surface area contributed by atoms with Gasteiger partial charge in [0.15, 0.2) is 0 Å². The van der Waals surface area contributed by atoms with Crippen molar-refractivity contribution in [2.45, 2.75) is 18.9 Å². The van der Waals surface area contributed by atoms with Crippen molar-refractivity contribution >= 4 is 11.6 Å². The van der Waals surface area contributed by atoms with Crippen LogP contribution in [0.15, 0.2) is 24.3 Å². The van der Waals surface area contributed by atoms with Gasteiger partial charge < -0.3 is 14.8 Å². The number of amides is 1. The van der Waals surface area contributed by atoms with Gasteiger partial charge in [-0.05, 0) is 31.0 Å². The largest absolute Gasteiger partial charge is 0.381 e. The molecule has 5 nitrogen and oxygen atoms in total. The summed E-state index contributed by atoms with van der Waals surface area (Å²) in [7, 11) is 0. The van der Waals surface area contributed by atoms with Crippen molar-refractivity contribution in [2.24, 2.45) is 0 Å².